The topological polar surface area (TPSA) is 32.5 Å². The van der Waals surface area contributed by atoms with Gasteiger partial charge in [0.05, 0.1) is 10.4 Å². The van der Waals surface area contributed by atoms with Crippen molar-refractivity contribution in [3.05, 3.63) is 21.3 Å². The largest absolute Gasteiger partial charge is 0.329 e. The van der Waals surface area contributed by atoms with Crippen molar-refractivity contribution >= 4 is 22.9 Å². The molecule has 1 unspecified atom stereocenters. The van der Waals surface area contributed by atoms with Gasteiger partial charge in [-0.3, -0.25) is 4.90 Å². The number of likely N-dealkylation sites (N-methyl/N-ethyl adjacent to an activating group) is 1. The van der Waals surface area contributed by atoms with E-state index in [1.165, 1.54) is 30.8 Å². The lowest BCUT2D eigenvalue weighted by molar-refractivity contribution is 0.212. The second-order valence-electron chi connectivity index (χ2n) is 4.92. The summed E-state index contributed by atoms with van der Waals surface area (Å²) in [5.74, 6) is 0. The van der Waals surface area contributed by atoms with Crippen LogP contribution in [0.5, 0.6) is 0 Å². The fraction of sp³-hybridized carbons (Fsp3) is 0.692. The molecule has 0 bridgehead atoms. The molecule has 102 valence electrons. The smallest absolute Gasteiger partial charge is 0.0931 e. The van der Waals surface area contributed by atoms with Gasteiger partial charge < -0.3 is 10.6 Å². The molecule has 0 aromatic carbocycles. The normalized spacial score (nSPS) is 18.7. The standard InChI is InChI=1S/C13H22ClN3S/c1-16(8-9-17-6-2-3-7-17)11(10-15)12-4-5-13(14)18-12/h4-5,11H,2-3,6-10,15H2,1H3. The molecule has 2 N–H and O–H groups in total. The zero-order valence-corrected chi connectivity index (χ0v) is 12.5. The monoisotopic (exact) mass is 287 g/mol. The summed E-state index contributed by atoms with van der Waals surface area (Å²) in [6.45, 7) is 5.37. The van der Waals surface area contributed by atoms with Crippen LogP contribution < -0.4 is 5.73 Å². The fourth-order valence-corrected chi connectivity index (χ4v) is 3.72. The molecule has 0 aliphatic carbocycles. The van der Waals surface area contributed by atoms with Gasteiger partial charge in [-0.05, 0) is 45.1 Å². The van der Waals surface area contributed by atoms with E-state index in [9.17, 15) is 0 Å². The lowest BCUT2D eigenvalue weighted by Crippen LogP contribution is -2.36. The summed E-state index contributed by atoms with van der Waals surface area (Å²) in [4.78, 5) is 6.15. The first-order valence-electron chi connectivity index (χ1n) is 6.58. The second-order valence-corrected chi connectivity index (χ2v) is 6.67. The van der Waals surface area contributed by atoms with Crippen LogP contribution in [0.1, 0.15) is 23.8 Å². The molecule has 0 amide bonds. The molecule has 1 aliphatic heterocycles. The SMILES string of the molecule is CN(CCN1CCCC1)C(CN)c1ccc(Cl)s1. The van der Waals surface area contributed by atoms with Gasteiger partial charge in [0.15, 0.2) is 0 Å². The van der Waals surface area contributed by atoms with Crippen molar-refractivity contribution in [2.24, 2.45) is 5.73 Å². The minimum atomic E-state index is 0.296. The van der Waals surface area contributed by atoms with E-state index in [0.717, 1.165) is 17.4 Å². The molecule has 1 fully saturated rings. The predicted octanol–water partition coefficient (Wildman–Crippen LogP) is 2.43. The van der Waals surface area contributed by atoms with Crippen molar-refractivity contribution in [2.75, 3.05) is 39.8 Å². The Morgan fingerprint density at radius 3 is 2.72 bits per heavy atom. The van der Waals surface area contributed by atoms with Gasteiger partial charge >= 0.3 is 0 Å². The van der Waals surface area contributed by atoms with Crippen LogP contribution in [0.2, 0.25) is 4.34 Å². The van der Waals surface area contributed by atoms with Crippen LogP contribution in [0.3, 0.4) is 0 Å². The molecule has 1 atom stereocenters. The molecule has 1 aromatic heterocycles. The van der Waals surface area contributed by atoms with Crippen LogP contribution >= 0.6 is 22.9 Å². The molecule has 18 heavy (non-hydrogen) atoms. The first kappa shape index (κ1) is 14.3. The first-order valence-corrected chi connectivity index (χ1v) is 7.78. The highest BCUT2D eigenvalue weighted by Gasteiger charge is 2.19. The number of hydrogen-bond donors (Lipinski definition) is 1. The summed E-state index contributed by atoms with van der Waals surface area (Å²) in [6.07, 6.45) is 2.70. The summed E-state index contributed by atoms with van der Waals surface area (Å²) in [6, 6.07) is 4.35. The first-order chi connectivity index (χ1) is 8.70. The Kier molecular flexibility index (Phi) is 5.45. The van der Waals surface area contributed by atoms with Gasteiger partial charge in [-0.25, -0.2) is 0 Å². The number of nitrogens with two attached hydrogens (primary N) is 1. The average Bonchev–Trinajstić information content (AvgIpc) is 2.99. The Bertz CT molecular complexity index is 363. The van der Waals surface area contributed by atoms with E-state index in [4.69, 9.17) is 17.3 Å². The molecule has 0 spiro atoms. The van der Waals surface area contributed by atoms with Crippen LogP contribution in [-0.4, -0.2) is 49.6 Å². The molecule has 1 saturated heterocycles. The van der Waals surface area contributed by atoms with Crippen LogP contribution in [-0.2, 0) is 0 Å². The highest BCUT2D eigenvalue weighted by molar-refractivity contribution is 7.16. The summed E-state index contributed by atoms with van der Waals surface area (Å²) in [5.41, 5.74) is 5.91. The second kappa shape index (κ2) is 6.87. The maximum atomic E-state index is 6.00. The van der Waals surface area contributed by atoms with Crippen molar-refractivity contribution in [3.63, 3.8) is 0 Å². The van der Waals surface area contributed by atoms with E-state index < -0.39 is 0 Å². The van der Waals surface area contributed by atoms with E-state index >= 15 is 0 Å². The van der Waals surface area contributed by atoms with Crippen molar-refractivity contribution in [1.29, 1.82) is 0 Å². The Hall–Kier alpha value is -0.130. The van der Waals surface area contributed by atoms with Gasteiger partial charge in [-0.2, -0.15) is 0 Å². The molecule has 0 radical (unpaired) electrons. The quantitative estimate of drug-likeness (QED) is 0.872. The number of hydrogen-bond acceptors (Lipinski definition) is 4. The number of likely N-dealkylation sites (tertiary alicyclic amines) is 1. The van der Waals surface area contributed by atoms with Crippen LogP contribution in [0, 0.1) is 0 Å². The van der Waals surface area contributed by atoms with Gasteiger partial charge in [0.1, 0.15) is 0 Å². The molecule has 2 rings (SSSR count). The summed E-state index contributed by atoms with van der Waals surface area (Å²) in [5, 5.41) is 0. The summed E-state index contributed by atoms with van der Waals surface area (Å²) < 4.78 is 0.844. The molecule has 5 heteroatoms. The molecule has 2 heterocycles. The van der Waals surface area contributed by atoms with Gasteiger partial charge in [0.2, 0.25) is 0 Å². The minimum absolute atomic E-state index is 0.296. The fourth-order valence-electron chi connectivity index (χ4n) is 2.48. The van der Waals surface area contributed by atoms with Crippen molar-refractivity contribution in [3.8, 4) is 0 Å². The number of thiophene rings is 1. The molecular formula is C13H22ClN3S. The third kappa shape index (κ3) is 3.68. The van der Waals surface area contributed by atoms with Gasteiger partial charge in [0.25, 0.3) is 0 Å². The van der Waals surface area contributed by atoms with Gasteiger partial charge in [-0.15, -0.1) is 11.3 Å². The van der Waals surface area contributed by atoms with Crippen LogP contribution in [0.25, 0.3) is 0 Å². The third-order valence-corrected chi connectivity index (χ3v) is 4.98. The Morgan fingerprint density at radius 2 is 2.17 bits per heavy atom. The minimum Gasteiger partial charge on any atom is -0.329 e. The highest BCUT2D eigenvalue weighted by atomic mass is 35.5. The zero-order valence-electron chi connectivity index (χ0n) is 10.9. The molecule has 0 saturated carbocycles. The zero-order chi connectivity index (χ0) is 13.0. The van der Waals surface area contributed by atoms with Crippen molar-refractivity contribution in [2.45, 2.75) is 18.9 Å². The van der Waals surface area contributed by atoms with E-state index in [1.54, 1.807) is 11.3 Å². The Morgan fingerprint density at radius 1 is 1.44 bits per heavy atom. The Labute approximate surface area is 119 Å². The number of halogens is 1. The lowest BCUT2D eigenvalue weighted by atomic mass is 10.2. The average molecular weight is 288 g/mol. The summed E-state index contributed by atoms with van der Waals surface area (Å²) >= 11 is 7.63. The van der Waals surface area contributed by atoms with E-state index in [1.807, 2.05) is 6.07 Å². The number of nitrogens with zero attached hydrogens (tertiary/aromatic N) is 2. The molecule has 3 nitrogen and oxygen atoms in total. The highest BCUT2D eigenvalue weighted by Crippen LogP contribution is 2.29. The van der Waals surface area contributed by atoms with E-state index in [-0.39, 0.29) is 0 Å². The predicted molar refractivity (Wildman–Crippen MR) is 79.4 cm³/mol. The number of rotatable bonds is 6. The van der Waals surface area contributed by atoms with Crippen LogP contribution in [0.15, 0.2) is 12.1 Å². The lowest BCUT2D eigenvalue weighted by Gasteiger charge is -2.28. The molecule has 1 aromatic rings. The van der Waals surface area contributed by atoms with Gasteiger partial charge in [-0.1, -0.05) is 11.6 Å². The third-order valence-electron chi connectivity index (χ3n) is 3.65. The molecular weight excluding hydrogens is 266 g/mol. The van der Waals surface area contributed by atoms with E-state index in [2.05, 4.69) is 22.9 Å². The van der Waals surface area contributed by atoms with Crippen LogP contribution in [0.4, 0.5) is 0 Å². The van der Waals surface area contributed by atoms with Gasteiger partial charge in [0, 0.05) is 24.5 Å². The van der Waals surface area contributed by atoms with Crippen molar-refractivity contribution in [1.82, 2.24) is 9.80 Å². The maximum Gasteiger partial charge on any atom is 0.0931 e. The van der Waals surface area contributed by atoms with Crippen molar-refractivity contribution < 1.29 is 0 Å². The van der Waals surface area contributed by atoms with E-state index in [0.29, 0.717) is 12.6 Å². The summed E-state index contributed by atoms with van der Waals surface area (Å²) in [7, 11) is 2.15. The maximum absolute atomic E-state index is 6.00. The molecule has 1 aliphatic rings. The Balaban J connectivity index is 1.86.